The van der Waals surface area contributed by atoms with E-state index < -0.39 is 0 Å². The Bertz CT molecular complexity index is 880. The van der Waals surface area contributed by atoms with Gasteiger partial charge in [0.15, 0.2) is 0 Å². The number of oxazole rings is 1. The maximum atomic E-state index is 9.37. The van der Waals surface area contributed by atoms with E-state index >= 15 is 0 Å². The molecule has 0 amide bonds. The van der Waals surface area contributed by atoms with Crippen molar-refractivity contribution in [1.29, 1.82) is 5.26 Å². The van der Waals surface area contributed by atoms with E-state index in [-0.39, 0.29) is 5.69 Å². The molecule has 1 heterocycles. The van der Waals surface area contributed by atoms with Crippen LogP contribution in [0.2, 0.25) is 0 Å². The fourth-order valence-corrected chi connectivity index (χ4v) is 2.81. The molecule has 0 radical (unpaired) electrons. The van der Waals surface area contributed by atoms with Crippen LogP contribution in [-0.2, 0) is 0 Å². The van der Waals surface area contributed by atoms with E-state index in [1.54, 1.807) is 7.11 Å². The average Bonchev–Trinajstić information content (AvgIpc) is 3.12. The molecule has 5 nitrogen and oxygen atoms in total. The van der Waals surface area contributed by atoms with E-state index in [0.717, 1.165) is 17.7 Å². The Morgan fingerprint density at radius 1 is 1.15 bits per heavy atom. The number of benzene rings is 2. The van der Waals surface area contributed by atoms with Crippen LogP contribution in [0.1, 0.15) is 30.5 Å². The molecular formula is C21H21N3O2. The number of nitrogens with zero attached hydrogens (tertiary/aromatic N) is 2. The normalized spacial score (nSPS) is 11.6. The van der Waals surface area contributed by atoms with Crippen LogP contribution in [0.3, 0.4) is 0 Å². The van der Waals surface area contributed by atoms with E-state index in [9.17, 15) is 5.26 Å². The standard InChI is InChI=1S/C21H21N3O2/c1-3-15(16-7-5-4-6-8-16)14-23-21-19(13-22)24-20(26-21)17-9-11-18(25-2)12-10-17/h4-12,15,23H,3,14H2,1-2H3/t15-/m1/s1. The second-order valence-corrected chi connectivity index (χ2v) is 5.93. The Balaban J connectivity index is 1.77. The predicted octanol–water partition coefficient (Wildman–Crippen LogP) is 4.83. The molecule has 5 heteroatoms. The van der Waals surface area contributed by atoms with Gasteiger partial charge < -0.3 is 14.5 Å². The summed E-state index contributed by atoms with van der Waals surface area (Å²) in [5.41, 5.74) is 2.32. The maximum absolute atomic E-state index is 9.37. The van der Waals surface area contributed by atoms with Gasteiger partial charge in [-0.2, -0.15) is 10.2 Å². The number of methoxy groups -OCH3 is 1. The molecule has 0 bridgehead atoms. The van der Waals surface area contributed by atoms with Crippen molar-refractivity contribution in [2.24, 2.45) is 0 Å². The summed E-state index contributed by atoms with van der Waals surface area (Å²) in [6.07, 6.45) is 0.984. The summed E-state index contributed by atoms with van der Waals surface area (Å²) in [6, 6.07) is 19.8. The van der Waals surface area contributed by atoms with Crippen LogP contribution in [0.5, 0.6) is 5.75 Å². The molecule has 3 aromatic rings. The van der Waals surface area contributed by atoms with Gasteiger partial charge >= 0.3 is 0 Å². The van der Waals surface area contributed by atoms with Crippen LogP contribution in [0.15, 0.2) is 59.0 Å². The van der Waals surface area contributed by atoms with E-state index in [1.807, 2.05) is 42.5 Å². The molecule has 0 aliphatic heterocycles. The molecule has 1 aromatic heterocycles. The highest BCUT2D eigenvalue weighted by Crippen LogP contribution is 2.28. The van der Waals surface area contributed by atoms with Crippen LogP contribution >= 0.6 is 0 Å². The SMILES string of the molecule is CC[C@H](CNc1oc(-c2ccc(OC)cc2)nc1C#N)c1ccccc1. The van der Waals surface area contributed by atoms with Crippen molar-refractivity contribution < 1.29 is 9.15 Å². The summed E-state index contributed by atoms with van der Waals surface area (Å²) in [4.78, 5) is 4.30. The maximum Gasteiger partial charge on any atom is 0.232 e. The lowest BCUT2D eigenvalue weighted by Gasteiger charge is -2.15. The number of anilines is 1. The first kappa shape index (κ1) is 17.6. The highest BCUT2D eigenvalue weighted by molar-refractivity contribution is 5.59. The zero-order valence-electron chi connectivity index (χ0n) is 14.9. The topological polar surface area (TPSA) is 71.1 Å². The minimum absolute atomic E-state index is 0.263. The van der Waals surface area contributed by atoms with E-state index in [0.29, 0.717) is 24.2 Å². The second-order valence-electron chi connectivity index (χ2n) is 5.93. The molecule has 1 N–H and O–H groups in total. The molecule has 0 fully saturated rings. The van der Waals surface area contributed by atoms with Crippen LogP contribution in [0, 0.1) is 11.3 Å². The van der Waals surface area contributed by atoms with Crippen LogP contribution in [-0.4, -0.2) is 18.6 Å². The van der Waals surface area contributed by atoms with Crippen molar-refractivity contribution in [1.82, 2.24) is 4.98 Å². The minimum atomic E-state index is 0.263. The van der Waals surface area contributed by atoms with Crippen molar-refractivity contribution in [2.45, 2.75) is 19.3 Å². The third-order valence-corrected chi connectivity index (χ3v) is 4.34. The molecule has 0 unspecified atom stereocenters. The van der Waals surface area contributed by atoms with Gasteiger partial charge in [-0.15, -0.1) is 0 Å². The summed E-state index contributed by atoms with van der Waals surface area (Å²) in [5, 5.41) is 12.6. The Morgan fingerprint density at radius 2 is 1.88 bits per heavy atom. The molecule has 26 heavy (non-hydrogen) atoms. The van der Waals surface area contributed by atoms with Gasteiger partial charge in [0.1, 0.15) is 11.8 Å². The molecule has 0 aliphatic rings. The number of ether oxygens (including phenoxy) is 1. The summed E-state index contributed by atoms with van der Waals surface area (Å²) in [6.45, 7) is 2.82. The largest absolute Gasteiger partial charge is 0.497 e. The van der Waals surface area contributed by atoms with E-state index in [2.05, 4.69) is 35.4 Å². The third-order valence-electron chi connectivity index (χ3n) is 4.34. The number of hydrogen-bond donors (Lipinski definition) is 1. The molecule has 0 saturated heterocycles. The zero-order chi connectivity index (χ0) is 18.4. The lowest BCUT2D eigenvalue weighted by molar-refractivity contribution is 0.415. The Kier molecular flexibility index (Phi) is 5.55. The van der Waals surface area contributed by atoms with Gasteiger partial charge in [0, 0.05) is 18.0 Å². The van der Waals surface area contributed by atoms with Crippen molar-refractivity contribution in [3.8, 4) is 23.3 Å². The Morgan fingerprint density at radius 3 is 2.50 bits per heavy atom. The third kappa shape index (κ3) is 3.86. The van der Waals surface area contributed by atoms with Crippen molar-refractivity contribution in [2.75, 3.05) is 19.0 Å². The number of hydrogen-bond acceptors (Lipinski definition) is 5. The Hall–Kier alpha value is -3.26. The summed E-state index contributed by atoms with van der Waals surface area (Å²) in [5.74, 6) is 1.91. The monoisotopic (exact) mass is 347 g/mol. The molecule has 0 saturated carbocycles. The summed E-state index contributed by atoms with van der Waals surface area (Å²) < 4.78 is 11.0. The first-order valence-corrected chi connectivity index (χ1v) is 8.59. The predicted molar refractivity (Wildman–Crippen MR) is 101 cm³/mol. The second kappa shape index (κ2) is 8.21. The van der Waals surface area contributed by atoms with Crippen molar-refractivity contribution in [3.63, 3.8) is 0 Å². The van der Waals surface area contributed by atoms with Gasteiger partial charge in [-0.1, -0.05) is 37.3 Å². The van der Waals surface area contributed by atoms with Gasteiger partial charge in [-0.25, -0.2) is 0 Å². The van der Waals surface area contributed by atoms with Crippen LogP contribution < -0.4 is 10.1 Å². The van der Waals surface area contributed by atoms with Gasteiger partial charge in [-0.3, -0.25) is 0 Å². The van der Waals surface area contributed by atoms with Gasteiger partial charge in [0.2, 0.25) is 17.5 Å². The Labute approximate surface area is 153 Å². The number of aromatic nitrogens is 1. The molecule has 0 aliphatic carbocycles. The average molecular weight is 347 g/mol. The molecule has 132 valence electrons. The minimum Gasteiger partial charge on any atom is -0.497 e. The van der Waals surface area contributed by atoms with Gasteiger partial charge in [0.25, 0.3) is 0 Å². The lowest BCUT2D eigenvalue weighted by atomic mass is 9.96. The quantitative estimate of drug-likeness (QED) is 0.663. The van der Waals surface area contributed by atoms with Gasteiger partial charge in [-0.05, 0) is 36.2 Å². The first-order chi connectivity index (χ1) is 12.7. The molecule has 3 rings (SSSR count). The smallest absolute Gasteiger partial charge is 0.232 e. The number of nitrogens with one attached hydrogen (secondary N) is 1. The molecule has 1 atom stereocenters. The zero-order valence-corrected chi connectivity index (χ0v) is 14.9. The van der Waals surface area contributed by atoms with Crippen molar-refractivity contribution in [3.05, 3.63) is 65.9 Å². The lowest BCUT2D eigenvalue weighted by Crippen LogP contribution is -2.12. The highest BCUT2D eigenvalue weighted by atomic mass is 16.5. The van der Waals surface area contributed by atoms with Crippen LogP contribution in [0.4, 0.5) is 5.88 Å². The summed E-state index contributed by atoms with van der Waals surface area (Å²) >= 11 is 0. The fourth-order valence-electron chi connectivity index (χ4n) is 2.81. The number of nitriles is 1. The van der Waals surface area contributed by atoms with E-state index in [4.69, 9.17) is 9.15 Å². The molecular weight excluding hydrogens is 326 g/mol. The molecule has 0 spiro atoms. The van der Waals surface area contributed by atoms with Crippen molar-refractivity contribution >= 4 is 5.88 Å². The van der Waals surface area contributed by atoms with Gasteiger partial charge in [0.05, 0.1) is 7.11 Å². The first-order valence-electron chi connectivity index (χ1n) is 8.59. The molecule has 2 aromatic carbocycles. The van der Waals surface area contributed by atoms with Crippen LogP contribution in [0.25, 0.3) is 11.5 Å². The highest BCUT2D eigenvalue weighted by Gasteiger charge is 2.16. The van der Waals surface area contributed by atoms with E-state index in [1.165, 1.54) is 5.56 Å². The fraction of sp³-hybridized carbons (Fsp3) is 0.238. The number of rotatable bonds is 7. The summed E-state index contributed by atoms with van der Waals surface area (Å²) in [7, 11) is 1.62.